The van der Waals surface area contributed by atoms with Crippen LogP contribution in [0.3, 0.4) is 0 Å². The molecule has 1 aliphatic heterocycles. The van der Waals surface area contributed by atoms with E-state index in [2.05, 4.69) is 0 Å². The zero-order chi connectivity index (χ0) is 27.1. The van der Waals surface area contributed by atoms with Gasteiger partial charge in [0.1, 0.15) is 11.4 Å². The van der Waals surface area contributed by atoms with Crippen molar-refractivity contribution < 1.29 is 26.8 Å². The molecule has 1 atom stereocenters. The lowest BCUT2D eigenvalue weighted by Gasteiger charge is -2.28. The summed E-state index contributed by atoms with van der Waals surface area (Å²) in [6.07, 6.45) is 3.82. The Balaban J connectivity index is 1.62. The molecule has 0 spiro atoms. The average Bonchev–Trinajstić information content (AvgIpc) is 3.43. The molecule has 0 N–H and O–H groups in total. The van der Waals surface area contributed by atoms with E-state index in [1.54, 1.807) is 36.4 Å². The van der Waals surface area contributed by atoms with Gasteiger partial charge in [0.25, 0.3) is 0 Å². The Kier molecular flexibility index (Phi) is 9.30. The quantitative estimate of drug-likeness (QED) is 0.341. The number of carbonyl (C=O) groups excluding carboxylic acids is 1. The van der Waals surface area contributed by atoms with Crippen LogP contribution >= 0.6 is 0 Å². The lowest BCUT2D eigenvalue weighted by molar-refractivity contribution is -0.132. The zero-order valence-corrected chi connectivity index (χ0v) is 22.3. The number of benzene rings is 2. The summed E-state index contributed by atoms with van der Waals surface area (Å²) in [4.78, 5) is 28.2. The second kappa shape index (κ2) is 12.6. The number of ether oxygens (including phenoxy) is 1. The maximum Gasteiger partial charge on any atom is 0.238 e. The third-order valence-electron chi connectivity index (χ3n) is 6.64. The first-order valence-electron chi connectivity index (χ1n) is 12.9. The summed E-state index contributed by atoms with van der Waals surface area (Å²) < 4.78 is 52.4. The first-order chi connectivity index (χ1) is 18.3. The number of amides is 1. The number of para-hydroxylation sites is 1. The number of hydrogen-bond donors (Lipinski definition) is 0. The maximum absolute atomic E-state index is 13.7. The van der Waals surface area contributed by atoms with Gasteiger partial charge in [0.05, 0.1) is 42.2 Å². The minimum Gasteiger partial charge on any atom is -0.464 e. The van der Waals surface area contributed by atoms with Crippen molar-refractivity contribution in [2.75, 3.05) is 25.4 Å². The van der Waals surface area contributed by atoms with Crippen LogP contribution in [0.15, 0.2) is 64.0 Å². The van der Waals surface area contributed by atoms with Gasteiger partial charge < -0.3 is 14.1 Å². The molecule has 38 heavy (non-hydrogen) atoms. The number of rotatable bonds is 12. The molecule has 2 aromatic carbocycles. The highest BCUT2D eigenvalue weighted by molar-refractivity contribution is 7.89. The van der Waals surface area contributed by atoms with Gasteiger partial charge in [-0.15, -0.1) is 0 Å². The Morgan fingerprint density at radius 3 is 2.58 bits per heavy atom. The Hall–Kier alpha value is -3.08. The van der Waals surface area contributed by atoms with Crippen molar-refractivity contribution in [1.82, 2.24) is 9.21 Å². The number of carbonyl (C=O) groups is 1. The minimum atomic E-state index is -3.71. The van der Waals surface area contributed by atoms with Crippen molar-refractivity contribution in [3.05, 3.63) is 82.0 Å². The molecular formula is C28H33FN2O6S. The Labute approximate surface area is 222 Å². The van der Waals surface area contributed by atoms with E-state index in [0.29, 0.717) is 36.0 Å². The van der Waals surface area contributed by atoms with Crippen LogP contribution in [-0.2, 0) is 32.6 Å². The predicted molar refractivity (Wildman–Crippen MR) is 142 cm³/mol. The molecule has 0 saturated carbocycles. The third-order valence-corrected chi connectivity index (χ3v) is 8.51. The highest BCUT2D eigenvalue weighted by Gasteiger charge is 2.31. The second-order valence-electron chi connectivity index (χ2n) is 9.56. The fourth-order valence-corrected chi connectivity index (χ4v) is 6.09. The van der Waals surface area contributed by atoms with E-state index in [1.165, 1.54) is 27.6 Å². The summed E-state index contributed by atoms with van der Waals surface area (Å²) in [7, 11) is -3.71. The average molecular weight is 545 g/mol. The topological polar surface area (TPSA) is 97.1 Å². The van der Waals surface area contributed by atoms with E-state index >= 15 is 0 Å². The first kappa shape index (κ1) is 27.9. The number of nitrogens with zero attached hydrogens (tertiary/aromatic N) is 2. The molecule has 1 unspecified atom stereocenters. The number of unbranched alkanes of at least 4 members (excludes halogenated alkanes) is 1. The van der Waals surface area contributed by atoms with Crippen LogP contribution in [-0.4, -0.2) is 55.1 Å². The molecule has 1 saturated heterocycles. The van der Waals surface area contributed by atoms with Gasteiger partial charge >= 0.3 is 0 Å². The molecule has 2 heterocycles. The number of sulfonamides is 1. The molecular weight excluding hydrogens is 511 g/mol. The fourth-order valence-electron chi connectivity index (χ4n) is 4.47. The van der Waals surface area contributed by atoms with Crippen molar-refractivity contribution >= 4 is 26.9 Å². The van der Waals surface area contributed by atoms with Gasteiger partial charge in [-0.1, -0.05) is 37.6 Å². The summed E-state index contributed by atoms with van der Waals surface area (Å²) in [5.41, 5.74) is 1.07. The molecule has 1 aliphatic rings. The zero-order valence-electron chi connectivity index (χ0n) is 21.5. The SMILES string of the molecule is CCCCS(=O)(=O)N(CC(=O)N(Cc1ccc(F)cc1)Cc1coc2ccccc2c1=O)CC1CCCO1. The molecule has 1 aromatic heterocycles. The highest BCUT2D eigenvalue weighted by atomic mass is 32.2. The normalized spacial score (nSPS) is 15.8. The molecule has 0 aliphatic carbocycles. The molecule has 204 valence electrons. The molecule has 0 radical (unpaired) electrons. The minimum absolute atomic E-state index is 0.0598. The van der Waals surface area contributed by atoms with Crippen LogP contribution < -0.4 is 5.43 Å². The van der Waals surface area contributed by atoms with Crippen LogP contribution in [0.25, 0.3) is 11.0 Å². The van der Waals surface area contributed by atoms with E-state index in [1.807, 2.05) is 6.92 Å². The standard InChI is InChI=1S/C28H33FN2O6S/c1-2-3-15-38(34,35)31(18-24-7-6-14-36-24)19-27(32)30(16-21-10-12-23(29)13-11-21)17-22-20-37-26-9-5-4-8-25(26)28(22)33/h4-5,8-13,20,24H,2-3,6-7,14-19H2,1H3. The Morgan fingerprint density at radius 2 is 1.87 bits per heavy atom. The van der Waals surface area contributed by atoms with Crippen LogP contribution in [0.5, 0.6) is 0 Å². The molecule has 0 bridgehead atoms. The van der Waals surface area contributed by atoms with Gasteiger partial charge in [-0.2, -0.15) is 4.31 Å². The Morgan fingerprint density at radius 1 is 1.11 bits per heavy atom. The molecule has 3 aromatic rings. The van der Waals surface area contributed by atoms with Crippen LogP contribution in [0.4, 0.5) is 4.39 Å². The van der Waals surface area contributed by atoms with Gasteiger partial charge in [-0.05, 0) is 49.1 Å². The number of halogens is 1. The summed E-state index contributed by atoms with van der Waals surface area (Å²) in [6, 6.07) is 12.5. The van der Waals surface area contributed by atoms with Crippen LogP contribution in [0.2, 0.25) is 0 Å². The maximum atomic E-state index is 13.7. The monoisotopic (exact) mass is 544 g/mol. The van der Waals surface area contributed by atoms with Crippen molar-refractivity contribution in [2.24, 2.45) is 0 Å². The molecule has 4 rings (SSSR count). The first-order valence-corrected chi connectivity index (χ1v) is 14.5. The summed E-state index contributed by atoms with van der Waals surface area (Å²) >= 11 is 0. The lowest BCUT2D eigenvalue weighted by Crippen LogP contribution is -2.46. The smallest absolute Gasteiger partial charge is 0.238 e. The van der Waals surface area contributed by atoms with Crippen LogP contribution in [0, 0.1) is 5.82 Å². The third kappa shape index (κ3) is 7.06. The molecule has 10 heteroatoms. The summed E-state index contributed by atoms with van der Waals surface area (Å²) in [5, 5.41) is 0.390. The van der Waals surface area contributed by atoms with Crippen LogP contribution in [0.1, 0.15) is 43.7 Å². The van der Waals surface area contributed by atoms with E-state index in [9.17, 15) is 22.4 Å². The summed E-state index contributed by atoms with van der Waals surface area (Å²) in [5.74, 6) is -0.943. The van der Waals surface area contributed by atoms with Crippen molar-refractivity contribution in [3.8, 4) is 0 Å². The van der Waals surface area contributed by atoms with Gasteiger partial charge in [-0.3, -0.25) is 9.59 Å². The number of fused-ring (bicyclic) bond motifs is 1. The molecule has 8 nitrogen and oxygen atoms in total. The van der Waals surface area contributed by atoms with Crippen molar-refractivity contribution in [3.63, 3.8) is 0 Å². The second-order valence-corrected chi connectivity index (χ2v) is 11.6. The van der Waals surface area contributed by atoms with E-state index in [4.69, 9.17) is 9.15 Å². The van der Waals surface area contributed by atoms with Crippen molar-refractivity contribution in [1.29, 1.82) is 0 Å². The van der Waals surface area contributed by atoms with Gasteiger partial charge in [0.15, 0.2) is 5.43 Å². The lowest BCUT2D eigenvalue weighted by atomic mass is 10.1. The highest BCUT2D eigenvalue weighted by Crippen LogP contribution is 2.18. The summed E-state index contributed by atoms with van der Waals surface area (Å²) in [6.45, 7) is 2.16. The van der Waals surface area contributed by atoms with Gasteiger partial charge in [-0.25, -0.2) is 12.8 Å². The van der Waals surface area contributed by atoms with E-state index in [0.717, 1.165) is 12.8 Å². The Bertz CT molecular complexity index is 1400. The number of hydrogen-bond acceptors (Lipinski definition) is 6. The van der Waals surface area contributed by atoms with Gasteiger partial charge in [0, 0.05) is 19.7 Å². The van der Waals surface area contributed by atoms with E-state index < -0.39 is 21.7 Å². The molecule has 1 amide bonds. The van der Waals surface area contributed by atoms with E-state index in [-0.39, 0.29) is 49.0 Å². The fraction of sp³-hybridized carbons (Fsp3) is 0.429. The predicted octanol–water partition coefficient (Wildman–Crippen LogP) is 4.07. The largest absolute Gasteiger partial charge is 0.464 e. The van der Waals surface area contributed by atoms with Gasteiger partial charge in [0.2, 0.25) is 15.9 Å². The molecule has 1 fully saturated rings. The van der Waals surface area contributed by atoms with Crippen molar-refractivity contribution in [2.45, 2.75) is 51.8 Å².